The van der Waals surface area contributed by atoms with E-state index < -0.39 is 0 Å². The van der Waals surface area contributed by atoms with Crippen LogP contribution in [0.1, 0.15) is 60.0 Å². The number of nitrogens with zero attached hydrogens (tertiary/aromatic N) is 1. The molecule has 6 heteroatoms. The maximum absolute atomic E-state index is 12.9. The average molecular weight is 394 g/mol. The standard InChI is InChI=1S/C21H31N3O2.ClH/c1-14-10-15(2)12-17(11-14)21(26)24-9-3-4-16(13-24)20(25)23-19-7-5-18(22)6-8-19;/h10-12,16,18-19H,3-9,13,22H2,1-2H3,(H,23,25);1H. The molecular weight excluding hydrogens is 362 g/mol. The monoisotopic (exact) mass is 393 g/mol. The summed E-state index contributed by atoms with van der Waals surface area (Å²) in [7, 11) is 0. The molecule has 0 bridgehead atoms. The predicted molar refractivity (Wildman–Crippen MR) is 110 cm³/mol. The van der Waals surface area contributed by atoms with Crippen molar-refractivity contribution in [3.63, 3.8) is 0 Å². The molecule has 2 fully saturated rings. The maximum Gasteiger partial charge on any atom is 0.253 e. The number of rotatable bonds is 3. The van der Waals surface area contributed by atoms with E-state index in [0.29, 0.717) is 6.54 Å². The van der Waals surface area contributed by atoms with Gasteiger partial charge in [-0.15, -0.1) is 12.4 Å². The largest absolute Gasteiger partial charge is 0.353 e. The van der Waals surface area contributed by atoms with E-state index in [-0.39, 0.29) is 42.2 Å². The van der Waals surface area contributed by atoms with Crippen LogP contribution in [-0.2, 0) is 4.79 Å². The number of amides is 2. The SMILES string of the molecule is Cc1cc(C)cc(C(=O)N2CCCC(C(=O)NC3CCC(N)CC3)C2)c1.Cl. The Morgan fingerprint density at radius 3 is 2.30 bits per heavy atom. The Hall–Kier alpha value is -1.59. The molecule has 1 atom stereocenters. The van der Waals surface area contributed by atoms with E-state index in [1.807, 2.05) is 30.9 Å². The van der Waals surface area contributed by atoms with Crippen LogP contribution in [0.2, 0.25) is 0 Å². The zero-order valence-corrected chi connectivity index (χ0v) is 17.2. The first kappa shape index (κ1) is 21.7. The Bertz CT molecular complexity index is 651. The van der Waals surface area contributed by atoms with E-state index in [1.54, 1.807) is 0 Å². The molecule has 0 radical (unpaired) electrons. The van der Waals surface area contributed by atoms with Crippen LogP contribution in [0.25, 0.3) is 0 Å². The molecule has 1 aliphatic heterocycles. The topological polar surface area (TPSA) is 75.4 Å². The van der Waals surface area contributed by atoms with E-state index in [4.69, 9.17) is 5.73 Å². The van der Waals surface area contributed by atoms with Gasteiger partial charge < -0.3 is 16.0 Å². The fourth-order valence-electron chi connectivity index (χ4n) is 4.24. The summed E-state index contributed by atoms with van der Waals surface area (Å²) in [6.07, 6.45) is 5.62. The molecule has 3 N–H and O–H groups in total. The molecule has 3 rings (SSSR count). The second kappa shape index (κ2) is 9.56. The van der Waals surface area contributed by atoms with Crippen molar-refractivity contribution in [2.45, 2.75) is 64.5 Å². The Kier molecular flexibility index (Phi) is 7.68. The average Bonchev–Trinajstić information content (AvgIpc) is 2.62. The highest BCUT2D eigenvalue weighted by molar-refractivity contribution is 5.95. The first-order chi connectivity index (χ1) is 12.4. The zero-order valence-electron chi connectivity index (χ0n) is 16.4. The quantitative estimate of drug-likeness (QED) is 0.828. The molecule has 27 heavy (non-hydrogen) atoms. The van der Waals surface area contributed by atoms with E-state index in [0.717, 1.165) is 61.8 Å². The van der Waals surface area contributed by atoms with Crippen molar-refractivity contribution in [1.82, 2.24) is 10.2 Å². The number of aryl methyl sites for hydroxylation is 2. The zero-order chi connectivity index (χ0) is 18.7. The Morgan fingerprint density at radius 1 is 1.04 bits per heavy atom. The van der Waals surface area contributed by atoms with E-state index >= 15 is 0 Å². The van der Waals surface area contributed by atoms with Crippen molar-refractivity contribution in [3.05, 3.63) is 34.9 Å². The summed E-state index contributed by atoms with van der Waals surface area (Å²) < 4.78 is 0. The van der Waals surface area contributed by atoms with Crippen LogP contribution < -0.4 is 11.1 Å². The lowest BCUT2D eigenvalue weighted by Crippen LogP contribution is -2.48. The molecule has 1 saturated heterocycles. The molecule has 1 saturated carbocycles. The van der Waals surface area contributed by atoms with Crippen LogP contribution in [0.15, 0.2) is 18.2 Å². The van der Waals surface area contributed by atoms with Crippen molar-refractivity contribution in [2.24, 2.45) is 11.7 Å². The summed E-state index contributed by atoms with van der Waals surface area (Å²) in [4.78, 5) is 27.4. The lowest BCUT2D eigenvalue weighted by molar-refractivity contribution is -0.127. The van der Waals surface area contributed by atoms with Crippen molar-refractivity contribution in [2.75, 3.05) is 13.1 Å². The van der Waals surface area contributed by atoms with Crippen LogP contribution in [0.3, 0.4) is 0 Å². The molecule has 5 nitrogen and oxygen atoms in total. The molecule has 0 spiro atoms. The molecule has 1 unspecified atom stereocenters. The molecule has 2 amide bonds. The third-order valence-electron chi connectivity index (χ3n) is 5.67. The van der Waals surface area contributed by atoms with Gasteiger partial charge in [0.2, 0.25) is 5.91 Å². The molecule has 150 valence electrons. The van der Waals surface area contributed by atoms with Crippen LogP contribution in [-0.4, -0.2) is 41.9 Å². The lowest BCUT2D eigenvalue weighted by Gasteiger charge is -2.34. The van der Waals surface area contributed by atoms with Crippen LogP contribution in [0, 0.1) is 19.8 Å². The number of nitrogens with one attached hydrogen (secondary N) is 1. The highest BCUT2D eigenvalue weighted by Gasteiger charge is 2.30. The van der Waals surface area contributed by atoms with Crippen LogP contribution in [0.4, 0.5) is 0 Å². The summed E-state index contributed by atoms with van der Waals surface area (Å²) in [5.41, 5.74) is 8.85. The van der Waals surface area contributed by atoms with Gasteiger partial charge in [0.15, 0.2) is 0 Å². The fraction of sp³-hybridized carbons (Fsp3) is 0.619. The highest BCUT2D eigenvalue weighted by Crippen LogP contribution is 2.22. The van der Waals surface area contributed by atoms with Crippen molar-refractivity contribution < 1.29 is 9.59 Å². The van der Waals surface area contributed by atoms with E-state index in [2.05, 4.69) is 11.4 Å². The number of carbonyl (C=O) groups is 2. The number of halogens is 1. The van der Waals surface area contributed by atoms with Gasteiger partial charge in [0.05, 0.1) is 5.92 Å². The number of benzene rings is 1. The second-order valence-corrected chi connectivity index (χ2v) is 8.09. The Balaban J connectivity index is 0.00000261. The summed E-state index contributed by atoms with van der Waals surface area (Å²) >= 11 is 0. The minimum Gasteiger partial charge on any atom is -0.353 e. The van der Waals surface area contributed by atoms with Crippen molar-refractivity contribution >= 4 is 24.2 Å². The van der Waals surface area contributed by atoms with Gasteiger partial charge >= 0.3 is 0 Å². The number of piperidine rings is 1. The normalized spacial score (nSPS) is 25.4. The number of hydrogen-bond acceptors (Lipinski definition) is 3. The van der Waals surface area contributed by atoms with Gasteiger partial charge in [-0.2, -0.15) is 0 Å². The Morgan fingerprint density at radius 2 is 1.67 bits per heavy atom. The van der Waals surface area contributed by atoms with Crippen LogP contribution >= 0.6 is 12.4 Å². The number of nitrogens with two attached hydrogens (primary N) is 1. The van der Waals surface area contributed by atoms with Gasteiger partial charge in [-0.1, -0.05) is 17.2 Å². The highest BCUT2D eigenvalue weighted by atomic mass is 35.5. The first-order valence-electron chi connectivity index (χ1n) is 9.86. The van der Waals surface area contributed by atoms with Crippen molar-refractivity contribution in [1.29, 1.82) is 0 Å². The van der Waals surface area contributed by atoms with Gasteiger partial charge in [-0.3, -0.25) is 9.59 Å². The first-order valence-corrected chi connectivity index (χ1v) is 9.86. The van der Waals surface area contributed by atoms with E-state index in [1.165, 1.54) is 0 Å². The molecule has 2 aliphatic rings. The fourth-order valence-corrected chi connectivity index (χ4v) is 4.24. The lowest BCUT2D eigenvalue weighted by atomic mass is 9.90. The van der Waals surface area contributed by atoms with Gasteiger partial charge in [-0.05, 0) is 64.5 Å². The molecule has 1 aromatic carbocycles. The van der Waals surface area contributed by atoms with Gasteiger partial charge in [0.1, 0.15) is 0 Å². The predicted octanol–water partition coefficient (Wildman–Crippen LogP) is 2.96. The molecule has 1 aromatic rings. The van der Waals surface area contributed by atoms with Crippen molar-refractivity contribution in [3.8, 4) is 0 Å². The number of carbonyl (C=O) groups excluding carboxylic acids is 2. The third kappa shape index (κ3) is 5.69. The number of hydrogen-bond donors (Lipinski definition) is 2. The summed E-state index contributed by atoms with van der Waals surface area (Å²) in [6.45, 7) is 5.26. The van der Waals surface area contributed by atoms with Gasteiger partial charge in [0.25, 0.3) is 5.91 Å². The molecular formula is C21H32ClN3O2. The van der Waals surface area contributed by atoms with Crippen LogP contribution in [0.5, 0.6) is 0 Å². The molecule has 0 aromatic heterocycles. The van der Waals surface area contributed by atoms with Gasteiger partial charge in [-0.25, -0.2) is 0 Å². The second-order valence-electron chi connectivity index (χ2n) is 8.09. The minimum atomic E-state index is -0.103. The minimum absolute atomic E-state index is 0. The Labute approximate surface area is 168 Å². The summed E-state index contributed by atoms with van der Waals surface area (Å²) in [5.74, 6) is 0.0375. The molecule has 1 aliphatic carbocycles. The maximum atomic E-state index is 12.9. The van der Waals surface area contributed by atoms with Gasteiger partial charge in [0, 0.05) is 30.7 Å². The summed E-state index contributed by atoms with van der Waals surface area (Å²) in [6, 6.07) is 6.46. The molecule has 1 heterocycles. The van der Waals surface area contributed by atoms with E-state index in [9.17, 15) is 9.59 Å². The summed E-state index contributed by atoms with van der Waals surface area (Å²) in [5, 5.41) is 3.19. The third-order valence-corrected chi connectivity index (χ3v) is 5.67. The smallest absolute Gasteiger partial charge is 0.253 e. The number of likely N-dealkylation sites (tertiary alicyclic amines) is 1.